The second kappa shape index (κ2) is 4.96. The Labute approximate surface area is 106 Å². The summed E-state index contributed by atoms with van der Waals surface area (Å²) in [6.45, 7) is 1.42. The molecule has 1 saturated heterocycles. The van der Waals surface area contributed by atoms with Crippen LogP contribution in [0.3, 0.4) is 0 Å². The molecule has 16 heavy (non-hydrogen) atoms. The van der Waals surface area contributed by atoms with Gasteiger partial charge in [-0.1, -0.05) is 0 Å². The normalized spacial score (nSPS) is 18.9. The van der Waals surface area contributed by atoms with E-state index >= 15 is 0 Å². The van der Waals surface area contributed by atoms with Crippen molar-refractivity contribution < 1.29 is 9.66 Å². The maximum atomic E-state index is 10.8. The van der Waals surface area contributed by atoms with Gasteiger partial charge in [0.25, 0.3) is 5.69 Å². The molecule has 0 radical (unpaired) electrons. The van der Waals surface area contributed by atoms with E-state index in [0.29, 0.717) is 12.2 Å². The van der Waals surface area contributed by atoms with Crippen LogP contribution in [0.5, 0.6) is 0 Å². The molecule has 2 rings (SSSR count). The van der Waals surface area contributed by atoms with Crippen LogP contribution < -0.4 is 5.32 Å². The summed E-state index contributed by atoms with van der Waals surface area (Å²) in [5, 5.41) is 13.9. The lowest BCUT2D eigenvalue weighted by Gasteiger charge is -2.26. The monoisotopic (exact) mass is 334 g/mol. The molecule has 86 valence electrons. The van der Waals surface area contributed by atoms with E-state index < -0.39 is 0 Å². The van der Waals surface area contributed by atoms with Gasteiger partial charge in [-0.3, -0.25) is 10.1 Å². The van der Waals surface area contributed by atoms with Crippen molar-refractivity contribution >= 4 is 34.0 Å². The van der Waals surface area contributed by atoms with E-state index in [0.717, 1.165) is 16.6 Å². The van der Waals surface area contributed by atoms with Crippen molar-refractivity contribution in [2.45, 2.75) is 12.5 Å². The van der Waals surface area contributed by atoms with E-state index in [-0.39, 0.29) is 16.7 Å². The molecule has 1 N–H and O–H groups in total. The van der Waals surface area contributed by atoms with E-state index in [4.69, 9.17) is 4.74 Å². The molecule has 6 heteroatoms. The third-order valence-electron chi connectivity index (χ3n) is 2.47. The molecule has 0 spiro atoms. The fourth-order valence-corrected chi connectivity index (χ4v) is 1.95. The van der Waals surface area contributed by atoms with Crippen LogP contribution in [0.15, 0.2) is 18.2 Å². The van der Waals surface area contributed by atoms with E-state index in [1.165, 1.54) is 0 Å². The van der Waals surface area contributed by atoms with Gasteiger partial charge < -0.3 is 10.1 Å². The van der Waals surface area contributed by atoms with Crippen LogP contribution in [0.2, 0.25) is 0 Å². The molecule has 1 aromatic rings. The highest BCUT2D eigenvalue weighted by atomic mass is 127. The number of nitrogens with one attached hydrogen (secondary N) is 1. The van der Waals surface area contributed by atoms with E-state index in [9.17, 15) is 10.1 Å². The summed E-state index contributed by atoms with van der Waals surface area (Å²) in [5.74, 6) is 0. The van der Waals surface area contributed by atoms with Crippen LogP contribution in [0, 0.1) is 13.7 Å². The van der Waals surface area contributed by atoms with Crippen LogP contribution in [-0.2, 0) is 4.74 Å². The molecule has 0 saturated carbocycles. The van der Waals surface area contributed by atoms with Crippen molar-refractivity contribution in [1.29, 1.82) is 0 Å². The van der Waals surface area contributed by atoms with Crippen LogP contribution in [0.1, 0.15) is 6.42 Å². The maximum absolute atomic E-state index is 10.8. The molecule has 1 heterocycles. The third kappa shape index (κ3) is 2.62. The van der Waals surface area contributed by atoms with Gasteiger partial charge in [0.1, 0.15) is 5.69 Å². The van der Waals surface area contributed by atoms with Gasteiger partial charge in [-0.25, -0.2) is 0 Å². The largest absolute Gasteiger partial charge is 0.377 e. The number of rotatable bonds is 4. The lowest BCUT2D eigenvalue weighted by atomic mass is 10.2. The maximum Gasteiger partial charge on any atom is 0.293 e. The summed E-state index contributed by atoms with van der Waals surface area (Å²) >= 11 is 2.06. The average molecular weight is 334 g/mol. The molecule has 5 nitrogen and oxygen atoms in total. The molecule has 0 aromatic heterocycles. The molecule has 0 bridgehead atoms. The summed E-state index contributed by atoms with van der Waals surface area (Å²) in [4.78, 5) is 10.5. The predicted octanol–water partition coefficient (Wildman–Crippen LogP) is 2.40. The number of nitro groups is 1. The van der Waals surface area contributed by atoms with Gasteiger partial charge in [-0.05, 0) is 41.1 Å². The molecule has 1 unspecified atom stereocenters. The lowest BCUT2D eigenvalue weighted by Crippen LogP contribution is -2.33. The molecular formula is C10H11IN2O3. The number of benzene rings is 1. The Morgan fingerprint density at radius 3 is 2.94 bits per heavy atom. The van der Waals surface area contributed by atoms with Crippen molar-refractivity contribution in [3.63, 3.8) is 0 Å². The molecule has 0 aliphatic carbocycles. The summed E-state index contributed by atoms with van der Waals surface area (Å²) in [6.07, 6.45) is 1.21. The van der Waals surface area contributed by atoms with Crippen molar-refractivity contribution in [2.75, 3.05) is 18.5 Å². The van der Waals surface area contributed by atoms with Crippen LogP contribution in [0.25, 0.3) is 0 Å². The third-order valence-corrected chi connectivity index (χ3v) is 3.14. The second-order valence-electron chi connectivity index (χ2n) is 3.58. The minimum Gasteiger partial charge on any atom is -0.377 e. The highest BCUT2D eigenvalue weighted by Crippen LogP contribution is 2.26. The number of nitro benzene ring substituents is 1. The Morgan fingerprint density at radius 1 is 1.62 bits per heavy atom. The first-order chi connectivity index (χ1) is 7.66. The fourth-order valence-electron chi connectivity index (χ4n) is 1.47. The molecule has 0 amide bonds. The van der Waals surface area contributed by atoms with Crippen molar-refractivity contribution in [2.24, 2.45) is 0 Å². The Balaban J connectivity index is 2.08. The van der Waals surface area contributed by atoms with E-state index in [2.05, 4.69) is 27.9 Å². The number of nitrogens with zero attached hydrogens (tertiary/aromatic N) is 1. The van der Waals surface area contributed by atoms with Crippen molar-refractivity contribution in [3.05, 3.63) is 31.9 Å². The lowest BCUT2D eigenvalue weighted by molar-refractivity contribution is -0.384. The minimum atomic E-state index is -0.369. The topological polar surface area (TPSA) is 64.4 Å². The zero-order chi connectivity index (χ0) is 11.5. The highest BCUT2D eigenvalue weighted by Gasteiger charge is 2.20. The Morgan fingerprint density at radius 2 is 2.38 bits per heavy atom. The Kier molecular flexibility index (Phi) is 3.59. The standard InChI is InChI=1S/C10H11IN2O3/c11-7-1-2-9(10(5-7)13(14)15)12-6-8-3-4-16-8/h1-2,5,8,12H,3-4,6H2. The van der Waals surface area contributed by atoms with Crippen molar-refractivity contribution in [1.82, 2.24) is 0 Å². The average Bonchev–Trinajstić information content (AvgIpc) is 2.17. The van der Waals surface area contributed by atoms with Gasteiger partial charge in [0, 0.05) is 22.8 Å². The fraction of sp³-hybridized carbons (Fsp3) is 0.400. The van der Waals surface area contributed by atoms with Gasteiger partial charge in [0.15, 0.2) is 0 Å². The van der Waals surface area contributed by atoms with Crippen LogP contribution >= 0.6 is 22.6 Å². The summed E-state index contributed by atoms with van der Waals surface area (Å²) in [5.41, 5.74) is 0.673. The minimum absolute atomic E-state index is 0.117. The van der Waals surface area contributed by atoms with Gasteiger partial charge >= 0.3 is 0 Å². The first-order valence-corrected chi connectivity index (χ1v) is 6.04. The number of hydrogen-bond donors (Lipinski definition) is 1. The number of ether oxygens (including phenoxy) is 1. The van der Waals surface area contributed by atoms with E-state index in [1.54, 1.807) is 12.1 Å². The van der Waals surface area contributed by atoms with Gasteiger partial charge in [0.05, 0.1) is 11.0 Å². The van der Waals surface area contributed by atoms with Crippen LogP contribution in [-0.4, -0.2) is 24.2 Å². The smallest absolute Gasteiger partial charge is 0.293 e. The summed E-state index contributed by atoms with van der Waals surface area (Å²) in [6, 6.07) is 5.14. The van der Waals surface area contributed by atoms with Gasteiger partial charge in [0.2, 0.25) is 0 Å². The molecule has 1 aromatic carbocycles. The second-order valence-corrected chi connectivity index (χ2v) is 4.83. The number of halogens is 1. The first-order valence-electron chi connectivity index (χ1n) is 4.96. The Hall–Kier alpha value is -0.890. The van der Waals surface area contributed by atoms with Gasteiger partial charge in [-0.2, -0.15) is 0 Å². The highest BCUT2D eigenvalue weighted by molar-refractivity contribution is 14.1. The molecule has 1 aliphatic rings. The number of hydrogen-bond acceptors (Lipinski definition) is 4. The summed E-state index contributed by atoms with van der Waals surface area (Å²) < 4.78 is 6.10. The summed E-state index contributed by atoms with van der Waals surface area (Å²) in [7, 11) is 0. The van der Waals surface area contributed by atoms with Crippen molar-refractivity contribution in [3.8, 4) is 0 Å². The zero-order valence-electron chi connectivity index (χ0n) is 8.48. The SMILES string of the molecule is O=[N+]([O-])c1cc(I)ccc1NCC1CCO1. The van der Waals surface area contributed by atoms with Crippen LogP contribution in [0.4, 0.5) is 11.4 Å². The molecule has 1 aliphatic heterocycles. The molecular weight excluding hydrogens is 323 g/mol. The zero-order valence-corrected chi connectivity index (χ0v) is 10.6. The molecule has 1 fully saturated rings. The first kappa shape index (κ1) is 11.6. The molecule has 1 atom stereocenters. The number of anilines is 1. The van der Waals surface area contributed by atoms with E-state index in [1.807, 2.05) is 6.07 Å². The predicted molar refractivity (Wildman–Crippen MR) is 68.7 cm³/mol. The Bertz CT molecular complexity index is 407. The van der Waals surface area contributed by atoms with Gasteiger partial charge in [-0.15, -0.1) is 0 Å². The quantitative estimate of drug-likeness (QED) is 0.522.